The van der Waals surface area contributed by atoms with Gasteiger partial charge in [0.2, 0.25) is 0 Å². The minimum absolute atomic E-state index is 0.543. The van der Waals surface area contributed by atoms with E-state index in [2.05, 4.69) is 22.7 Å². The van der Waals surface area contributed by atoms with E-state index in [0.29, 0.717) is 0 Å². The lowest BCUT2D eigenvalue weighted by molar-refractivity contribution is 0.241. The summed E-state index contributed by atoms with van der Waals surface area (Å²) in [5.41, 5.74) is 8.62. The van der Waals surface area contributed by atoms with E-state index in [4.69, 9.17) is 5.84 Å². The summed E-state index contributed by atoms with van der Waals surface area (Å²) in [7, 11) is 0. The molecule has 0 radical (unpaired) electrons. The maximum Gasteiger partial charge on any atom is 0.349 e. The van der Waals surface area contributed by atoms with Gasteiger partial charge in [-0.3, -0.25) is 5.43 Å². The van der Waals surface area contributed by atoms with E-state index in [1.807, 2.05) is 26.2 Å². The topological polar surface area (TPSA) is 79.5 Å². The molecule has 0 spiro atoms. The summed E-state index contributed by atoms with van der Waals surface area (Å²) in [6.45, 7) is 6.05. The fourth-order valence-corrected chi connectivity index (χ4v) is 1.58. The van der Waals surface area contributed by atoms with E-state index in [-0.39, 0.29) is 0 Å². The van der Waals surface area contributed by atoms with Gasteiger partial charge in [0.25, 0.3) is 0 Å². The Morgan fingerprint density at radius 3 is 2.38 bits per heavy atom. The molecule has 0 heterocycles. The number of rotatable bonds is 2. The molecular weight excluding hydrogens is 204 g/mol. The molecule has 0 saturated carbocycles. The molecule has 0 aliphatic rings. The number of aryl methyl sites for hydroxylation is 3. The predicted molar refractivity (Wildman–Crippen MR) is 64.1 cm³/mol. The molecule has 0 aliphatic heterocycles. The fourth-order valence-electron chi connectivity index (χ4n) is 1.58. The molecule has 0 atom stereocenters. The molecule has 4 N–H and O–H groups in total. The van der Waals surface area contributed by atoms with Gasteiger partial charge in [0, 0.05) is 5.56 Å². The Morgan fingerprint density at radius 1 is 1.31 bits per heavy atom. The number of benzene rings is 1. The van der Waals surface area contributed by atoms with Crippen molar-refractivity contribution in [1.29, 1.82) is 0 Å². The minimum Gasteiger partial charge on any atom is -0.274 e. The Labute approximate surface area is 94.7 Å². The molecule has 5 heteroatoms. The average molecular weight is 220 g/mol. The highest BCUT2D eigenvalue weighted by atomic mass is 16.2. The summed E-state index contributed by atoms with van der Waals surface area (Å²) in [6, 6.07) is 3.59. The third kappa shape index (κ3) is 3.06. The molecule has 0 unspecified atom stereocenters. The lowest BCUT2D eigenvalue weighted by atomic mass is 10.0. The number of hydrogen-bond donors (Lipinski definition) is 3. The van der Waals surface area contributed by atoms with Crippen molar-refractivity contribution >= 4 is 12.2 Å². The summed E-state index contributed by atoms with van der Waals surface area (Å²) >= 11 is 0. The zero-order valence-electron chi connectivity index (χ0n) is 9.66. The summed E-state index contributed by atoms with van der Waals surface area (Å²) in [5.74, 6) is 4.90. The van der Waals surface area contributed by atoms with Crippen LogP contribution in [-0.2, 0) is 0 Å². The van der Waals surface area contributed by atoms with Gasteiger partial charge in [-0.05, 0) is 31.9 Å². The summed E-state index contributed by atoms with van der Waals surface area (Å²) in [4.78, 5) is 10.8. The van der Waals surface area contributed by atoms with Crippen LogP contribution in [0.4, 0.5) is 4.79 Å². The van der Waals surface area contributed by atoms with Crippen LogP contribution in [0.5, 0.6) is 0 Å². The SMILES string of the molecule is Cc1cc(C)c(C=NNC(=O)NN)c(C)c1. The highest BCUT2D eigenvalue weighted by Crippen LogP contribution is 2.13. The van der Waals surface area contributed by atoms with E-state index in [9.17, 15) is 4.79 Å². The van der Waals surface area contributed by atoms with Gasteiger partial charge in [-0.15, -0.1) is 0 Å². The smallest absolute Gasteiger partial charge is 0.274 e. The van der Waals surface area contributed by atoms with Gasteiger partial charge < -0.3 is 0 Å². The van der Waals surface area contributed by atoms with Crippen LogP contribution in [0.15, 0.2) is 17.2 Å². The molecule has 0 fully saturated rings. The average Bonchev–Trinajstić information content (AvgIpc) is 2.21. The van der Waals surface area contributed by atoms with Crippen molar-refractivity contribution in [3.63, 3.8) is 0 Å². The molecule has 5 nitrogen and oxygen atoms in total. The van der Waals surface area contributed by atoms with Crippen molar-refractivity contribution in [2.24, 2.45) is 10.9 Å². The molecule has 2 amide bonds. The Morgan fingerprint density at radius 2 is 1.88 bits per heavy atom. The maximum atomic E-state index is 10.8. The van der Waals surface area contributed by atoms with Gasteiger partial charge in [-0.2, -0.15) is 5.10 Å². The second-order valence-corrected chi connectivity index (χ2v) is 3.66. The minimum atomic E-state index is -0.543. The van der Waals surface area contributed by atoms with Crippen LogP contribution in [-0.4, -0.2) is 12.2 Å². The van der Waals surface area contributed by atoms with Crippen molar-refractivity contribution in [1.82, 2.24) is 10.9 Å². The highest BCUT2D eigenvalue weighted by molar-refractivity contribution is 5.85. The van der Waals surface area contributed by atoms with Crippen LogP contribution in [0.3, 0.4) is 0 Å². The second kappa shape index (κ2) is 5.27. The molecule has 1 rings (SSSR count). The molecule has 0 aromatic heterocycles. The highest BCUT2D eigenvalue weighted by Gasteiger charge is 2.01. The Hall–Kier alpha value is -1.88. The molecule has 0 saturated heterocycles. The van der Waals surface area contributed by atoms with Gasteiger partial charge in [0.1, 0.15) is 0 Å². The van der Waals surface area contributed by atoms with Crippen molar-refractivity contribution < 1.29 is 4.79 Å². The van der Waals surface area contributed by atoms with E-state index < -0.39 is 6.03 Å². The van der Waals surface area contributed by atoms with Gasteiger partial charge in [-0.1, -0.05) is 17.7 Å². The zero-order valence-corrected chi connectivity index (χ0v) is 9.66. The second-order valence-electron chi connectivity index (χ2n) is 3.66. The van der Waals surface area contributed by atoms with Crippen LogP contribution in [0.1, 0.15) is 22.3 Å². The van der Waals surface area contributed by atoms with Gasteiger partial charge in [0.15, 0.2) is 0 Å². The number of hydrazine groups is 1. The Kier molecular flexibility index (Phi) is 4.02. The Bertz CT molecular complexity index is 403. The lowest BCUT2D eigenvalue weighted by Crippen LogP contribution is -2.37. The molecule has 86 valence electrons. The van der Waals surface area contributed by atoms with Crippen LogP contribution < -0.4 is 16.7 Å². The summed E-state index contributed by atoms with van der Waals surface area (Å²) < 4.78 is 0. The zero-order chi connectivity index (χ0) is 12.1. The molecule has 0 aliphatic carbocycles. The van der Waals surface area contributed by atoms with E-state index >= 15 is 0 Å². The van der Waals surface area contributed by atoms with Crippen molar-refractivity contribution in [2.75, 3.05) is 0 Å². The van der Waals surface area contributed by atoms with Crippen molar-refractivity contribution in [2.45, 2.75) is 20.8 Å². The van der Waals surface area contributed by atoms with Gasteiger partial charge in [-0.25, -0.2) is 16.1 Å². The van der Waals surface area contributed by atoms with Gasteiger partial charge in [0.05, 0.1) is 6.21 Å². The number of carbonyl (C=O) groups excluding carboxylic acids is 1. The van der Waals surface area contributed by atoms with Crippen LogP contribution in [0.25, 0.3) is 0 Å². The number of hydrazone groups is 1. The predicted octanol–water partition coefficient (Wildman–Crippen LogP) is 1.12. The first-order chi connectivity index (χ1) is 7.54. The quantitative estimate of drug-likeness (QED) is 0.302. The molecule has 1 aromatic rings. The standard InChI is InChI=1S/C11H16N4O/c1-7-4-8(2)10(9(3)5-7)6-13-15-11(16)14-12/h4-6H,12H2,1-3H3,(H2,14,15,16). The van der Waals surface area contributed by atoms with E-state index in [1.165, 1.54) is 5.56 Å². The largest absolute Gasteiger partial charge is 0.349 e. The first kappa shape index (κ1) is 12.2. The molecule has 1 aromatic carbocycles. The number of urea groups is 1. The van der Waals surface area contributed by atoms with Gasteiger partial charge >= 0.3 is 6.03 Å². The number of hydrogen-bond acceptors (Lipinski definition) is 3. The number of nitrogens with zero attached hydrogens (tertiary/aromatic N) is 1. The lowest BCUT2D eigenvalue weighted by Gasteiger charge is -2.06. The third-order valence-electron chi connectivity index (χ3n) is 2.23. The fraction of sp³-hybridized carbons (Fsp3) is 0.273. The van der Waals surface area contributed by atoms with Crippen LogP contribution in [0, 0.1) is 20.8 Å². The molecule has 0 bridgehead atoms. The van der Waals surface area contributed by atoms with Crippen LogP contribution in [0.2, 0.25) is 0 Å². The molecule has 16 heavy (non-hydrogen) atoms. The normalized spacial score (nSPS) is 10.5. The van der Waals surface area contributed by atoms with Crippen LogP contribution >= 0.6 is 0 Å². The number of nitrogens with one attached hydrogen (secondary N) is 2. The number of nitrogens with two attached hydrogens (primary N) is 1. The number of carbonyl (C=O) groups is 1. The first-order valence-electron chi connectivity index (χ1n) is 4.92. The summed E-state index contributed by atoms with van der Waals surface area (Å²) in [5, 5.41) is 3.80. The first-order valence-corrected chi connectivity index (χ1v) is 4.92. The van der Waals surface area contributed by atoms with E-state index in [0.717, 1.165) is 16.7 Å². The van der Waals surface area contributed by atoms with Crippen molar-refractivity contribution in [3.05, 3.63) is 34.4 Å². The molecular formula is C11H16N4O. The monoisotopic (exact) mass is 220 g/mol. The third-order valence-corrected chi connectivity index (χ3v) is 2.23. The summed E-state index contributed by atoms with van der Waals surface area (Å²) in [6.07, 6.45) is 1.61. The maximum absolute atomic E-state index is 10.8. The van der Waals surface area contributed by atoms with Crippen molar-refractivity contribution in [3.8, 4) is 0 Å². The number of amides is 2. The Balaban J connectivity index is 2.85. The van der Waals surface area contributed by atoms with E-state index in [1.54, 1.807) is 6.21 Å².